The van der Waals surface area contributed by atoms with Crippen LogP contribution in [0.15, 0.2) is 28.9 Å². The Kier molecular flexibility index (Phi) is 2.83. The maximum absolute atomic E-state index is 13.6. The van der Waals surface area contributed by atoms with E-state index in [-0.39, 0.29) is 5.56 Å². The molecule has 0 radical (unpaired) electrons. The first-order chi connectivity index (χ1) is 8.74. The molecule has 1 fully saturated rings. The van der Waals surface area contributed by atoms with Crippen LogP contribution in [0.1, 0.15) is 18.4 Å². The van der Waals surface area contributed by atoms with E-state index in [4.69, 9.17) is 4.52 Å². The van der Waals surface area contributed by atoms with Crippen LogP contribution in [-0.2, 0) is 6.54 Å². The molecule has 1 saturated carbocycles. The molecule has 0 saturated heterocycles. The molecule has 0 amide bonds. The minimum Gasteiger partial charge on any atom is -0.356 e. The van der Waals surface area contributed by atoms with Crippen molar-refractivity contribution in [3.8, 4) is 11.3 Å². The molecule has 0 aliphatic heterocycles. The summed E-state index contributed by atoms with van der Waals surface area (Å²) in [7, 11) is 0. The standard InChI is InChI=1S/C13H12F2N2O/c14-9-1-4-12(15)11(5-9)13-8(7-17-18-13)6-16-10-2-3-10/h1,4-5,7,10,16H,2-3,6H2. The lowest BCUT2D eigenvalue weighted by molar-refractivity contribution is 0.428. The van der Waals surface area contributed by atoms with E-state index in [1.807, 2.05) is 0 Å². The van der Waals surface area contributed by atoms with Gasteiger partial charge in [0.25, 0.3) is 0 Å². The summed E-state index contributed by atoms with van der Waals surface area (Å²) in [5.74, 6) is -0.718. The van der Waals surface area contributed by atoms with Gasteiger partial charge in [0, 0.05) is 18.2 Å². The van der Waals surface area contributed by atoms with Crippen LogP contribution in [0.2, 0.25) is 0 Å². The molecule has 18 heavy (non-hydrogen) atoms. The minimum absolute atomic E-state index is 0.111. The lowest BCUT2D eigenvalue weighted by atomic mass is 10.1. The quantitative estimate of drug-likeness (QED) is 0.906. The molecule has 2 aromatic rings. The lowest BCUT2D eigenvalue weighted by Crippen LogP contribution is -2.15. The summed E-state index contributed by atoms with van der Waals surface area (Å²) in [6, 6.07) is 3.82. The highest BCUT2D eigenvalue weighted by Gasteiger charge is 2.22. The highest BCUT2D eigenvalue weighted by molar-refractivity contribution is 5.61. The van der Waals surface area contributed by atoms with Crippen molar-refractivity contribution in [2.75, 3.05) is 0 Å². The van der Waals surface area contributed by atoms with Gasteiger partial charge in [-0.1, -0.05) is 5.16 Å². The van der Waals surface area contributed by atoms with Gasteiger partial charge in [0.15, 0.2) is 5.76 Å². The second-order valence-electron chi connectivity index (χ2n) is 4.46. The molecule has 0 unspecified atom stereocenters. The Hall–Kier alpha value is -1.75. The van der Waals surface area contributed by atoms with Gasteiger partial charge in [0.05, 0.1) is 11.8 Å². The molecule has 0 spiro atoms. The molecule has 1 N–H and O–H groups in total. The van der Waals surface area contributed by atoms with Crippen molar-refractivity contribution in [2.45, 2.75) is 25.4 Å². The van der Waals surface area contributed by atoms with Gasteiger partial charge in [-0.2, -0.15) is 0 Å². The van der Waals surface area contributed by atoms with E-state index >= 15 is 0 Å². The van der Waals surface area contributed by atoms with Crippen LogP contribution in [0.25, 0.3) is 11.3 Å². The smallest absolute Gasteiger partial charge is 0.174 e. The summed E-state index contributed by atoms with van der Waals surface area (Å²) in [5, 5.41) is 6.95. The van der Waals surface area contributed by atoms with E-state index in [0.29, 0.717) is 18.3 Å². The molecular formula is C13H12F2N2O. The Balaban J connectivity index is 1.90. The third kappa shape index (κ3) is 2.26. The third-order valence-electron chi connectivity index (χ3n) is 2.98. The Labute approximate surface area is 103 Å². The number of hydrogen-bond acceptors (Lipinski definition) is 3. The molecule has 5 heteroatoms. The first-order valence-electron chi connectivity index (χ1n) is 5.86. The van der Waals surface area contributed by atoms with Gasteiger partial charge in [-0.15, -0.1) is 0 Å². The monoisotopic (exact) mass is 250 g/mol. The average Bonchev–Trinajstić information content (AvgIpc) is 3.08. The molecule has 3 rings (SSSR count). The Morgan fingerprint density at radius 1 is 1.33 bits per heavy atom. The number of halogens is 2. The first kappa shape index (κ1) is 11.3. The van der Waals surface area contributed by atoms with Crippen LogP contribution in [0.5, 0.6) is 0 Å². The van der Waals surface area contributed by atoms with Crippen molar-refractivity contribution in [3.05, 3.63) is 41.6 Å². The maximum Gasteiger partial charge on any atom is 0.174 e. The molecule has 94 valence electrons. The van der Waals surface area contributed by atoms with E-state index in [1.54, 1.807) is 0 Å². The molecule has 1 aliphatic rings. The highest BCUT2D eigenvalue weighted by Crippen LogP contribution is 2.28. The van der Waals surface area contributed by atoms with Gasteiger partial charge in [0.1, 0.15) is 11.6 Å². The lowest BCUT2D eigenvalue weighted by Gasteiger charge is -2.04. The zero-order valence-electron chi connectivity index (χ0n) is 9.62. The van der Waals surface area contributed by atoms with Crippen molar-refractivity contribution in [3.63, 3.8) is 0 Å². The normalized spacial score (nSPS) is 15.0. The van der Waals surface area contributed by atoms with Crippen LogP contribution in [0.4, 0.5) is 8.78 Å². The van der Waals surface area contributed by atoms with Gasteiger partial charge in [-0.05, 0) is 31.0 Å². The summed E-state index contributed by atoms with van der Waals surface area (Å²) in [6.07, 6.45) is 3.86. The van der Waals surface area contributed by atoms with Gasteiger partial charge in [0.2, 0.25) is 0 Å². The van der Waals surface area contributed by atoms with Crippen LogP contribution < -0.4 is 5.32 Å². The second-order valence-corrected chi connectivity index (χ2v) is 4.46. The summed E-state index contributed by atoms with van der Waals surface area (Å²) in [6.45, 7) is 0.555. The fraction of sp³-hybridized carbons (Fsp3) is 0.308. The SMILES string of the molecule is Fc1ccc(F)c(-c2oncc2CNC2CC2)c1. The Bertz CT molecular complexity index is 564. The third-order valence-corrected chi connectivity index (χ3v) is 2.98. The van der Waals surface area contributed by atoms with Crippen LogP contribution >= 0.6 is 0 Å². The van der Waals surface area contributed by atoms with Crippen molar-refractivity contribution >= 4 is 0 Å². The molecule has 3 nitrogen and oxygen atoms in total. The number of nitrogens with zero attached hydrogens (tertiary/aromatic N) is 1. The first-order valence-corrected chi connectivity index (χ1v) is 5.86. The molecular weight excluding hydrogens is 238 g/mol. The van der Waals surface area contributed by atoms with Gasteiger partial charge >= 0.3 is 0 Å². The predicted octanol–water partition coefficient (Wildman–Crippen LogP) is 2.87. The summed E-state index contributed by atoms with van der Waals surface area (Å²) in [5.41, 5.74) is 0.853. The van der Waals surface area contributed by atoms with Crippen LogP contribution in [0.3, 0.4) is 0 Å². The molecule has 1 aromatic carbocycles. The number of rotatable bonds is 4. The molecule has 0 atom stereocenters. The van der Waals surface area contributed by atoms with E-state index in [1.165, 1.54) is 6.20 Å². The number of nitrogens with one attached hydrogen (secondary N) is 1. The van der Waals surface area contributed by atoms with E-state index in [9.17, 15) is 8.78 Å². The van der Waals surface area contributed by atoms with Crippen LogP contribution in [-0.4, -0.2) is 11.2 Å². The molecule has 1 heterocycles. The van der Waals surface area contributed by atoms with Crippen LogP contribution in [0, 0.1) is 11.6 Å². The predicted molar refractivity (Wildman–Crippen MR) is 61.7 cm³/mol. The Morgan fingerprint density at radius 2 is 2.17 bits per heavy atom. The second kappa shape index (κ2) is 4.49. The summed E-state index contributed by atoms with van der Waals surface area (Å²) < 4.78 is 31.8. The largest absolute Gasteiger partial charge is 0.356 e. The van der Waals surface area contributed by atoms with Gasteiger partial charge in [-0.3, -0.25) is 0 Å². The van der Waals surface area contributed by atoms with Gasteiger partial charge < -0.3 is 9.84 Å². The van der Waals surface area contributed by atoms with Crippen molar-refractivity contribution in [1.29, 1.82) is 0 Å². The van der Waals surface area contributed by atoms with E-state index < -0.39 is 11.6 Å². The fourth-order valence-electron chi connectivity index (χ4n) is 1.82. The molecule has 0 bridgehead atoms. The van der Waals surface area contributed by atoms with Gasteiger partial charge in [-0.25, -0.2) is 8.78 Å². The van der Waals surface area contributed by atoms with Crippen molar-refractivity contribution < 1.29 is 13.3 Å². The molecule has 1 aliphatic carbocycles. The van der Waals surface area contributed by atoms with E-state index in [0.717, 1.165) is 36.6 Å². The average molecular weight is 250 g/mol. The maximum atomic E-state index is 13.6. The number of hydrogen-bond donors (Lipinski definition) is 1. The fourth-order valence-corrected chi connectivity index (χ4v) is 1.82. The minimum atomic E-state index is -0.513. The highest BCUT2D eigenvalue weighted by atomic mass is 19.1. The zero-order valence-corrected chi connectivity index (χ0v) is 9.62. The summed E-state index contributed by atoms with van der Waals surface area (Å²) in [4.78, 5) is 0. The topological polar surface area (TPSA) is 38.1 Å². The van der Waals surface area contributed by atoms with Crippen molar-refractivity contribution in [2.24, 2.45) is 0 Å². The number of benzene rings is 1. The molecule has 1 aromatic heterocycles. The van der Waals surface area contributed by atoms with E-state index in [2.05, 4.69) is 10.5 Å². The Morgan fingerprint density at radius 3 is 2.94 bits per heavy atom. The zero-order chi connectivity index (χ0) is 12.5. The number of aromatic nitrogens is 1. The van der Waals surface area contributed by atoms with Crippen molar-refractivity contribution in [1.82, 2.24) is 10.5 Å². The summed E-state index contributed by atoms with van der Waals surface area (Å²) >= 11 is 0.